The van der Waals surface area contributed by atoms with Crippen molar-refractivity contribution in [2.75, 3.05) is 13.9 Å². The van der Waals surface area contributed by atoms with Crippen molar-refractivity contribution in [3.63, 3.8) is 0 Å². The molecule has 0 bridgehead atoms. The standard InChI is InChI=1S/C26H22O5/c1-3-15-6-5-9-19-22(15)24(17-10-11-20-21(13-17)31-14-30-20)25(26(27)28)23(19)16-7-4-8-18(12-16)29-2/h4-13,23H,3,14H2,1-2H3,(H,27,28). The van der Waals surface area contributed by atoms with E-state index in [0.29, 0.717) is 22.8 Å². The second-order valence-corrected chi connectivity index (χ2v) is 7.61. The van der Waals surface area contributed by atoms with Crippen LogP contribution >= 0.6 is 0 Å². The number of carboxylic acids is 1. The molecule has 0 fully saturated rings. The number of hydrogen-bond acceptors (Lipinski definition) is 4. The fourth-order valence-corrected chi connectivity index (χ4v) is 4.64. The molecule has 5 rings (SSSR count). The smallest absolute Gasteiger partial charge is 0.333 e. The van der Waals surface area contributed by atoms with Crippen LogP contribution in [0, 0.1) is 0 Å². The summed E-state index contributed by atoms with van der Waals surface area (Å²) in [6.45, 7) is 2.26. The topological polar surface area (TPSA) is 65.0 Å². The predicted octanol–water partition coefficient (Wildman–Crippen LogP) is 5.02. The number of hydrogen-bond donors (Lipinski definition) is 1. The summed E-state index contributed by atoms with van der Waals surface area (Å²) in [5.41, 5.74) is 5.92. The van der Waals surface area contributed by atoms with Crippen LogP contribution in [0.3, 0.4) is 0 Å². The summed E-state index contributed by atoms with van der Waals surface area (Å²) in [6, 6.07) is 19.4. The summed E-state index contributed by atoms with van der Waals surface area (Å²) in [6.07, 6.45) is 0.801. The summed E-state index contributed by atoms with van der Waals surface area (Å²) < 4.78 is 16.4. The van der Waals surface area contributed by atoms with Crippen molar-refractivity contribution in [3.8, 4) is 17.2 Å². The van der Waals surface area contributed by atoms with Crippen molar-refractivity contribution in [2.24, 2.45) is 0 Å². The Hall–Kier alpha value is -3.73. The summed E-state index contributed by atoms with van der Waals surface area (Å²) in [7, 11) is 1.61. The average Bonchev–Trinajstić information content (AvgIpc) is 3.40. The maximum Gasteiger partial charge on any atom is 0.333 e. The second-order valence-electron chi connectivity index (χ2n) is 7.61. The number of carboxylic acid groups (broad SMARTS) is 1. The lowest BCUT2D eigenvalue weighted by Gasteiger charge is -2.16. The number of ether oxygens (including phenoxy) is 3. The van der Waals surface area contributed by atoms with E-state index >= 15 is 0 Å². The van der Waals surface area contributed by atoms with Crippen molar-refractivity contribution < 1.29 is 24.1 Å². The highest BCUT2D eigenvalue weighted by Gasteiger charge is 2.38. The normalized spacial score (nSPS) is 16.4. The molecule has 1 atom stereocenters. The van der Waals surface area contributed by atoms with Gasteiger partial charge in [-0.2, -0.15) is 0 Å². The fraction of sp³-hybridized carbons (Fsp3) is 0.192. The molecular weight excluding hydrogens is 392 g/mol. The molecule has 0 saturated carbocycles. The summed E-state index contributed by atoms with van der Waals surface area (Å²) in [5, 5.41) is 10.4. The Morgan fingerprint density at radius 3 is 2.65 bits per heavy atom. The number of carbonyl (C=O) groups is 1. The zero-order valence-corrected chi connectivity index (χ0v) is 17.3. The van der Waals surface area contributed by atoms with Crippen molar-refractivity contribution >= 4 is 11.5 Å². The minimum absolute atomic E-state index is 0.173. The largest absolute Gasteiger partial charge is 0.497 e. The van der Waals surface area contributed by atoms with Crippen LogP contribution in [0.2, 0.25) is 0 Å². The number of benzene rings is 3. The zero-order chi connectivity index (χ0) is 21.5. The first-order valence-corrected chi connectivity index (χ1v) is 10.3. The van der Waals surface area contributed by atoms with Crippen LogP contribution in [0.15, 0.2) is 66.2 Å². The van der Waals surface area contributed by atoms with Gasteiger partial charge in [-0.05, 0) is 58.5 Å². The molecule has 3 aromatic carbocycles. The van der Waals surface area contributed by atoms with Crippen LogP contribution in [0.25, 0.3) is 5.57 Å². The molecule has 1 unspecified atom stereocenters. The maximum atomic E-state index is 12.7. The van der Waals surface area contributed by atoms with Crippen LogP contribution in [0.4, 0.5) is 0 Å². The molecule has 0 saturated heterocycles. The van der Waals surface area contributed by atoms with E-state index in [2.05, 4.69) is 13.0 Å². The summed E-state index contributed by atoms with van der Waals surface area (Å²) >= 11 is 0. The van der Waals surface area contributed by atoms with Gasteiger partial charge in [0.1, 0.15) is 5.75 Å². The van der Waals surface area contributed by atoms with E-state index in [9.17, 15) is 9.90 Å². The molecule has 156 valence electrons. The third-order valence-corrected chi connectivity index (χ3v) is 6.00. The van der Waals surface area contributed by atoms with Gasteiger partial charge in [-0.15, -0.1) is 0 Å². The molecule has 2 aliphatic rings. The molecule has 1 aliphatic carbocycles. The first-order chi connectivity index (χ1) is 15.1. The van der Waals surface area contributed by atoms with Gasteiger partial charge in [0.2, 0.25) is 6.79 Å². The van der Waals surface area contributed by atoms with Crippen molar-refractivity contribution in [1.29, 1.82) is 0 Å². The number of fused-ring (bicyclic) bond motifs is 2. The van der Waals surface area contributed by atoms with Crippen molar-refractivity contribution in [1.82, 2.24) is 0 Å². The van der Waals surface area contributed by atoms with E-state index in [0.717, 1.165) is 39.8 Å². The third-order valence-electron chi connectivity index (χ3n) is 6.00. The minimum Gasteiger partial charge on any atom is -0.497 e. The first-order valence-electron chi connectivity index (χ1n) is 10.3. The molecule has 0 aromatic heterocycles. The van der Waals surface area contributed by atoms with Crippen LogP contribution in [-0.2, 0) is 11.2 Å². The van der Waals surface area contributed by atoms with E-state index in [1.165, 1.54) is 0 Å². The Kier molecular flexibility index (Phi) is 4.66. The van der Waals surface area contributed by atoms with Crippen LogP contribution in [0.1, 0.15) is 40.7 Å². The molecular formula is C26H22O5. The molecule has 5 nitrogen and oxygen atoms in total. The zero-order valence-electron chi connectivity index (χ0n) is 17.3. The molecule has 5 heteroatoms. The Morgan fingerprint density at radius 1 is 1.06 bits per heavy atom. The predicted molar refractivity (Wildman–Crippen MR) is 117 cm³/mol. The lowest BCUT2D eigenvalue weighted by Crippen LogP contribution is -2.10. The monoisotopic (exact) mass is 414 g/mol. The number of methoxy groups -OCH3 is 1. The maximum absolute atomic E-state index is 12.7. The molecule has 1 heterocycles. The lowest BCUT2D eigenvalue weighted by atomic mass is 9.87. The van der Waals surface area contributed by atoms with Gasteiger partial charge >= 0.3 is 5.97 Å². The first kappa shape index (κ1) is 19.2. The molecule has 0 radical (unpaired) electrons. The van der Waals surface area contributed by atoms with E-state index < -0.39 is 11.9 Å². The van der Waals surface area contributed by atoms with Gasteiger partial charge in [0.05, 0.1) is 12.7 Å². The highest BCUT2D eigenvalue weighted by molar-refractivity contribution is 6.07. The van der Waals surface area contributed by atoms with Crippen LogP contribution in [-0.4, -0.2) is 25.0 Å². The van der Waals surface area contributed by atoms with Gasteiger partial charge in [-0.25, -0.2) is 4.79 Å². The highest BCUT2D eigenvalue weighted by atomic mass is 16.7. The molecule has 3 aromatic rings. The van der Waals surface area contributed by atoms with Gasteiger partial charge in [0.15, 0.2) is 11.5 Å². The number of aryl methyl sites for hydroxylation is 1. The molecule has 1 N–H and O–H groups in total. The fourth-order valence-electron chi connectivity index (χ4n) is 4.64. The van der Waals surface area contributed by atoms with E-state index in [1.54, 1.807) is 7.11 Å². The van der Waals surface area contributed by atoms with Crippen LogP contribution < -0.4 is 14.2 Å². The second kappa shape index (κ2) is 7.51. The number of aliphatic carboxylic acids is 1. The van der Waals surface area contributed by atoms with Gasteiger partial charge in [-0.3, -0.25) is 0 Å². The molecule has 1 aliphatic heterocycles. The highest BCUT2D eigenvalue weighted by Crippen LogP contribution is 2.51. The number of rotatable bonds is 5. The summed E-state index contributed by atoms with van der Waals surface area (Å²) in [4.78, 5) is 12.7. The van der Waals surface area contributed by atoms with Gasteiger partial charge in [0, 0.05) is 11.5 Å². The Morgan fingerprint density at radius 2 is 1.87 bits per heavy atom. The average molecular weight is 414 g/mol. The lowest BCUT2D eigenvalue weighted by molar-refractivity contribution is -0.132. The van der Waals surface area contributed by atoms with E-state index in [1.807, 2.05) is 54.6 Å². The summed E-state index contributed by atoms with van der Waals surface area (Å²) in [5.74, 6) is 0.683. The molecule has 31 heavy (non-hydrogen) atoms. The molecule has 0 amide bonds. The molecule has 0 spiro atoms. The SMILES string of the molecule is CCc1cccc2c1C(c1ccc3c(c1)OCO3)=C(C(=O)O)C2c1cccc(OC)c1. The van der Waals surface area contributed by atoms with Gasteiger partial charge in [0.25, 0.3) is 0 Å². The Balaban J connectivity index is 1.81. The van der Waals surface area contributed by atoms with Crippen molar-refractivity contribution in [2.45, 2.75) is 19.3 Å². The van der Waals surface area contributed by atoms with E-state index in [-0.39, 0.29) is 6.79 Å². The van der Waals surface area contributed by atoms with E-state index in [4.69, 9.17) is 14.2 Å². The van der Waals surface area contributed by atoms with Crippen molar-refractivity contribution in [3.05, 3.63) is 94.1 Å². The minimum atomic E-state index is -0.932. The van der Waals surface area contributed by atoms with Gasteiger partial charge < -0.3 is 19.3 Å². The third kappa shape index (κ3) is 3.05. The van der Waals surface area contributed by atoms with Gasteiger partial charge in [-0.1, -0.05) is 43.3 Å². The quantitative estimate of drug-likeness (QED) is 0.635. The Bertz CT molecular complexity index is 1220. The van der Waals surface area contributed by atoms with Crippen LogP contribution in [0.5, 0.6) is 17.2 Å². The Labute approximate surface area is 180 Å².